The van der Waals surface area contributed by atoms with Gasteiger partial charge in [-0.05, 0) is 37.3 Å². The van der Waals surface area contributed by atoms with E-state index in [2.05, 4.69) is 10.3 Å². The molecule has 0 bridgehead atoms. The molecule has 1 aliphatic heterocycles. The van der Waals surface area contributed by atoms with Gasteiger partial charge in [0, 0.05) is 23.0 Å². The summed E-state index contributed by atoms with van der Waals surface area (Å²) in [6.07, 6.45) is 3.32. The van der Waals surface area contributed by atoms with Crippen molar-refractivity contribution in [2.75, 3.05) is 11.9 Å². The van der Waals surface area contributed by atoms with Crippen LogP contribution in [-0.4, -0.2) is 34.4 Å². The highest BCUT2D eigenvalue weighted by molar-refractivity contribution is 7.10. The number of nitrogens with one attached hydrogen (secondary N) is 1. The number of esters is 1. The number of amides is 1. The highest BCUT2D eigenvalue weighted by Gasteiger charge is 2.19. The van der Waals surface area contributed by atoms with Gasteiger partial charge in [-0.1, -0.05) is 41.1 Å². The fourth-order valence-corrected chi connectivity index (χ4v) is 4.29. The minimum atomic E-state index is -0.611. The van der Waals surface area contributed by atoms with E-state index in [4.69, 9.17) is 16.3 Å². The van der Waals surface area contributed by atoms with Crippen LogP contribution in [0.1, 0.15) is 27.7 Å². The number of aliphatic imine (C=N–C) groups is 1. The Bertz CT molecular complexity index is 1370. The number of fused-ring (bicyclic) bond motifs is 1. The monoisotopic (exact) mass is 483 g/mol. The fraction of sp³-hybridized carbons (Fsp3) is 0.130. The van der Waals surface area contributed by atoms with Gasteiger partial charge in [-0.3, -0.25) is 19.1 Å². The third kappa shape index (κ3) is 4.74. The molecule has 0 aliphatic carbocycles. The molecule has 2 aromatic carbocycles. The average Bonchev–Trinajstić information content (AvgIpc) is 3.31. The van der Waals surface area contributed by atoms with Crippen molar-refractivity contribution in [3.05, 3.63) is 73.2 Å². The van der Waals surface area contributed by atoms with Crippen molar-refractivity contribution in [1.29, 1.82) is 0 Å². The predicted octanol–water partition coefficient (Wildman–Crippen LogP) is 4.34. The summed E-state index contributed by atoms with van der Waals surface area (Å²) in [6, 6.07) is 11.9. The maximum Gasteiger partial charge on any atom is 0.339 e. The first kappa shape index (κ1) is 22.5. The summed E-state index contributed by atoms with van der Waals surface area (Å²) < 4.78 is 5.93. The molecule has 0 radical (unpaired) electrons. The van der Waals surface area contributed by atoms with E-state index < -0.39 is 23.3 Å². The molecular weight excluding hydrogens is 466 g/mol. The van der Waals surface area contributed by atoms with E-state index in [9.17, 15) is 19.5 Å². The number of aromatic nitrogens is 1. The Morgan fingerprint density at radius 3 is 2.85 bits per heavy atom. The van der Waals surface area contributed by atoms with Crippen molar-refractivity contribution >= 4 is 64.1 Å². The number of allylic oxidation sites excluding steroid dienone is 1. The Balaban J connectivity index is 1.52. The van der Waals surface area contributed by atoms with Gasteiger partial charge in [-0.2, -0.15) is 0 Å². The van der Waals surface area contributed by atoms with Crippen LogP contribution in [-0.2, 0) is 16.1 Å². The minimum Gasteiger partial charge on any atom is -0.493 e. The number of hydrogen-bond acceptors (Lipinski definition) is 7. The number of carbonyl (C=O) groups is 2. The Morgan fingerprint density at radius 2 is 2.06 bits per heavy atom. The van der Waals surface area contributed by atoms with Crippen molar-refractivity contribution in [3.63, 3.8) is 0 Å². The van der Waals surface area contributed by atoms with Crippen LogP contribution in [0.4, 0.5) is 11.4 Å². The number of nitrogens with zero attached hydrogens (tertiary/aromatic N) is 2. The van der Waals surface area contributed by atoms with Crippen molar-refractivity contribution in [1.82, 2.24) is 4.57 Å². The van der Waals surface area contributed by atoms with E-state index in [1.165, 1.54) is 18.2 Å². The van der Waals surface area contributed by atoms with E-state index in [-0.39, 0.29) is 23.1 Å². The van der Waals surface area contributed by atoms with Gasteiger partial charge in [0.25, 0.3) is 0 Å². The molecule has 2 heterocycles. The van der Waals surface area contributed by atoms with Gasteiger partial charge in [0.05, 0.1) is 27.8 Å². The summed E-state index contributed by atoms with van der Waals surface area (Å²) >= 11 is 6.86. The first-order chi connectivity index (χ1) is 15.9. The van der Waals surface area contributed by atoms with Crippen LogP contribution in [0.3, 0.4) is 0 Å². The number of rotatable bonds is 6. The Morgan fingerprint density at radius 1 is 1.27 bits per heavy atom. The average molecular weight is 484 g/mol. The number of ether oxygens (including phenoxy) is 1. The summed E-state index contributed by atoms with van der Waals surface area (Å²) in [6.45, 7) is 1.44. The Hall–Kier alpha value is -3.69. The molecule has 33 heavy (non-hydrogen) atoms. The van der Waals surface area contributed by atoms with Gasteiger partial charge < -0.3 is 15.2 Å². The molecule has 0 spiro atoms. The standard InChI is InChI=1S/C23H18ClN3O5S/c1-2-32-22(30)16-10-14(7-8-17(16)24)26-20(28)12-27-21(29)19(33-23(27)31)9-13-11-25-18-6-4-3-5-15(13)18/h3-11,29H,2,12H2,1H3,(H,26,28). The molecule has 3 aromatic rings. The second-order valence-corrected chi connectivity index (χ2v) is 8.38. The SMILES string of the molecule is CCOC(=O)c1cc(NC(=O)Cn2c(O)c(C=C3C=Nc4ccccc43)sc2=O)ccc1Cl. The van der Waals surface area contributed by atoms with E-state index in [1.807, 2.05) is 24.3 Å². The highest BCUT2D eigenvalue weighted by atomic mass is 35.5. The molecule has 8 nitrogen and oxygen atoms in total. The number of anilines is 1. The topological polar surface area (TPSA) is 110 Å². The molecule has 10 heteroatoms. The third-order valence-electron chi connectivity index (χ3n) is 4.79. The van der Waals surface area contributed by atoms with Crippen LogP contribution >= 0.6 is 22.9 Å². The van der Waals surface area contributed by atoms with E-state index in [1.54, 1.807) is 19.2 Å². The lowest BCUT2D eigenvalue weighted by Crippen LogP contribution is -2.24. The molecule has 1 amide bonds. The van der Waals surface area contributed by atoms with Gasteiger partial charge in [0.15, 0.2) is 0 Å². The smallest absolute Gasteiger partial charge is 0.339 e. The van der Waals surface area contributed by atoms with Crippen LogP contribution in [0.5, 0.6) is 5.88 Å². The van der Waals surface area contributed by atoms with Crippen LogP contribution in [0.2, 0.25) is 5.02 Å². The largest absolute Gasteiger partial charge is 0.493 e. The van der Waals surface area contributed by atoms with Gasteiger partial charge in [-0.25, -0.2) is 4.79 Å². The number of hydrogen-bond donors (Lipinski definition) is 2. The lowest BCUT2D eigenvalue weighted by molar-refractivity contribution is -0.116. The van der Waals surface area contributed by atoms with Crippen molar-refractivity contribution < 1.29 is 19.4 Å². The molecule has 168 valence electrons. The van der Waals surface area contributed by atoms with Crippen molar-refractivity contribution in [2.24, 2.45) is 4.99 Å². The summed E-state index contributed by atoms with van der Waals surface area (Å²) in [5.74, 6) is -1.48. The molecule has 2 N–H and O–H groups in total. The normalized spacial score (nSPS) is 13.2. The van der Waals surface area contributed by atoms with Crippen LogP contribution in [0.15, 0.2) is 52.3 Å². The Kier molecular flexibility index (Phi) is 6.43. The zero-order chi connectivity index (χ0) is 23.5. The highest BCUT2D eigenvalue weighted by Crippen LogP contribution is 2.34. The maximum atomic E-state index is 12.5. The Labute approximate surface area is 197 Å². The lowest BCUT2D eigenvalue weighted by Gasteiger charge is -2.09. The number of thiazole rings is 1. The van der Waals surface area contributed by atoms with E-state index in [0.717, 1.165) is 32.7 Å². The molecule has 0 saturated carbocycles. The summed E-state index contributed by atoms with van der Waals surface area (Å²) in [4.78, 5) is 41.1. The molecular formula is C23H18ClN3O5S. The third-order valence-corrected chi connectivity index (χ3v) is 6.03. The summed E-state index contributed by atoms with van der Waals surface area (Å²) in [5, 5.41) is 13.4. The molecule has 1 aromatic heterocycles. The number of para-hydroxylation sites is 1. The molecule has 0 saturated heterocycles. The zero-order valence-electron chi connectivity index (χ0n) is 17.4. The second-order valence-electron chi connectivity index (χ2n) is 6.98. The molecule has 0 atom stereocenters. The van der Waals surface area contributed by atoms with Gasteiger partial charge in [0.1, 0.15) is 6.54 Å². The first-order valence-electron chi connectivity index (χ1n) is 9.91. The second kappa shape index (κ2) is 9.43. The summed E-state index contributed by atoms with van der Waals surface area (Å²) in [7, 11) is 0. The van der Waals surface area contributed by atoms with Gasteiger partial charge >= 0.3 is 10.8 Å². The lowest BCUT2D eigenvalue weighted by atomic mass is 10.1. The predicted molar refractivity (Wildman–Crippen MR) is 129 cm³/mol. The van der Waals surface area contributed by atoms with Gasteiger partial charge in [0.2, 0.25) is 11.8 Å². The molecule has 0 fully saturated rings. The number of halogens is 1. The maximum absolute atomic E-state index is 12.5. The zero-order valence-corrected chi connectivity index (χ0v) is 18.9. The number of benzene rings is 2. The van der Waals surface area contributed by atoms with Crippen LogP contribution in [0.25, 0.3) is 11.6 Å². The molecule has 1 aliphatic rings. The van der Waals surface area contributed by atoms with Crippen LogP contribution in [0, 0.1) is 0 Å². The number of aromatic hydroxyl groups is 1. The molecule has 4 rings (SSSR count). The van der Waals surface area contributed by atoms with E-state index >= 15 is 0 Å². The minimum absolute atomic E-state index is 0.110. The molecule has 0 unspecified atom stereocenters. The van der Waals surface area contributed by atoms with E-state index in [0.29, 0.717) is 10.6 Å². The van der Waals surface area contributed by atoms with Crippen LogP contribution < -0.4 is 10.2 Å². The quantitative estimate of drug-likeness (QED) is 0.507. The van der Waals surface area contributed by atoms with Crippen molar-refractivity contribution in [2.45, 2.75) is 13.5 Å². The summed E-state index contributed by atoms with van der Waals surface area (Å²) in [5.41, 5.74) is 2.86. The van der Waals surface area contributed by atoms with Gasteiger partial charge in [-0.15, -0.1) is 0 Å². The fourth-order valence-electron chi connectivity index (χ4n) is 3.26. The first-order valence-corrected chi connectivity index (χ1v) is 11.1. The van der Waals surface area contributed by atoms with Crippen molar-refractivity contribution in [3.8, 4) is 5.88 Å². The number of carbonyl (C=O) groups excluding carboxylic acids is 2.